The molecule has 0 amide bonds. The molecule has 3 heterocycles. The summed E-state index contributed by atoms with van der Waals surface area (Å²) in [7, 11) is 5.10. The molecule has 1 unspecified atom stereocenters. The van der Waals surface area contributed by atoms with E-state index in [1.54, 1.807) is 27.7 Å². The van der Waals surface area contributed by atoms with E-state index in [0.29, 0.717) is 6.42 Å². The highest BCUT2D eigenvalue weighted by molar-refractivity contribution is 6.00. The Labute approximate surface area is 317 Å². The number of aromatic nitrogens is 2. The van der Waals surface area contributed by atoms with Crippen LogP contribution in [0.4, 0.5) is 4.79 Å². The molecule has 0 bridgehead atoms. The second-order valence-corrected chi connectivity index (χ2v) is 14.9. The molecule has 0 aliphatic carbocycles. The number of cyclic esters (lactones) is 1. The van der Waals surface area contributed by atoms with E-state index in [9.17, 15) is 28.8 Å². The molecule has 1 fully saturated rings. The van der Waals surface area contributed by atoms with Crippen LogP contribution in [0.15, 0.2) is 30.4 Å². The van der Waals surface area contributed by atoms with E-state index in [0.717, 1.165) is 4.57 Å². The van der Waals surface area contributed by atoms with Crippen molar-refractivity contribution in [2.45, 2.75) is 130 Å². The lowest BCUT2D eigenvalue weighted by atomic mass is 9.76. The third kappa shape index (κ3) is 10.6. The van der Waals surface area contributed by atoms with Crippen molar-refractivity contribution >= 4 is 35.6 Å². The summed E-state index contributed by atoms with van der Waals surface area (Å²) in [6, 6.07) is -0.312. The summed E-state index contributed by atoms with van der Waals surface area (Å²) in [5, 5.41) is 0. The molecule has 1 saturated heterocycles. The molecule has 16 nitrogen and oxygen atoms in total. The molecular weight excluding hydrogens is 706 g/mol. The van der Waals surface area contributed by atoms with Gasteiger partial charge in [0.25, 0.3) is 0 Å². The maximum absolute atomic E-state index is 14.4. The van der Waals surface area contributed by atoms with Crippen molar-refractivity contribution in [3.8, 4) is 0 Å². The molecule has 0 spiro atoms. The van der Waals surface area contributed by atoms with Gasteiger partial charge in [-0.1, -0.05) is 20.8 Å². The number of carbonyl (C=O) groups is 6. The Morgan fingerprint density at radius 3 is 2.26 bits per heavy atom. The van der Waals surface area contributed by atoms with Crippen LogP contribution in [0.1, 0.15) is 81.6 Å². The first-order valence-electron chi connectivity index (χ1n) is 18.2. The van der Waals surface area contributed by atoms with E-state index >= 15 is 0 Å². The number of esters is 3. The average Bonchev–Trinajstić information content (AvgIpc) is 3.65. The molecule has 16 heteroatoms. The van der Waals surface area contributed by atoms with Crippen LogP contribution in [0.5, 0.6) is 0 Å². The molecule has 2 aliphatic rings. The minimum atomic E-state index is -1.80. The highest BCUT2D eigenvalue weighted by Crippen LogP contribution is 2.38. The SMILES string of the molecule is CC[C@H]1OC(=O)[C@H](C)C(=O)[C@H](C)[C@@H](OC2O[C@H](C)C[C@H](N(C)C)[C@H]2OC(C)=O)[C@@](C)(OC)C[C@@H](C)C(=O)C(COC(C)=O)=C[C@]1(C)OC(=O)n1ccnc1. The second kappa shape index (κ2) is 18.6. The zero-order chi connectivity index (χ0) is 40.7. The fourth-order valence-corrected chi connectivity index (χ4v) is 7.24. The largest absolute Gasteiger partial charge is 0.461 e. The zero-order valence-corrected chi connectivity index (χ0v) is 33.5. The number of likely N-dealkylation sites (N-methyl/N-ethyl adjacent to an activating group) is 1. The van der Waals surface area contributed by atoms with E-state index in [-0.39, 0.29) is 30.6 Å². The second-order valence-electron chi connectivity index (χ2n) is 14.9. The smallest absolute Gasteiger partial charge is 0.420 e. The Bertz CT molecular complexity index is 1540. The van der Waals surface area contributed by atoms with Crippen LogP contribution in [0.2, 0.25) is 0 Å². The summed E-state index contributed by atoms with van der Waals surface area (Å²) in [6.45, 7) is 13.3. The van der Waals surface area contributed by atoms with Gasteiger partial charge in [-0.05, 0) is 67.1 Å². The Kier molecular flexibility index (Phi) is 15.3. The molecular formula is C38H57N3O13. The van der Waals surface area contributed by atoms with Crippen molar-refractivity contribution in [2.75, 3.05) is 27.8 Å². The van der Waals surface area contributed by atoms with Gasteiger partial charge in [0, 0.05) is 50.8 Å². The molecule has 0 radical (unpaired) electrons. The first kappa shape index (κ1) is 44.4. The number of nitrogens with zero attached hydrogens (tertiary/aromatic N) is 3. The molecule has 0 saturated carbocycles. The van der Waals surface area contributed by atoms with Crippen molar-refractivity contribution in [1.29, 1.82) is 0 Å². The van der Waals surface area contributed by atoms with Crippen molar-refractivity contribution in [1.82, 2.24) is 14.5 Å². The number of imidazole rings is 1. The van der Waals surface area contributed by atoms with Crippen LogP contribution >= 0.6 is 0 Å². The lowest BCUT2D eigenvalue weighted by Gasteiger charge is -2.47. The monoisotopic (exact) mass is 763 g/mol. The van der Waals surface area contributed by atoms with Gasteiger partial charge in [-0.15, -0.1) is 0 Å². The molecule has 0 aromatic carbocycles. The number of ether oxygens (including phenoxy) is 7. The van der Waals surface area contributed by atoms with Gasteiger partial charge in [0.1, 0.15) is 25.0 Å². The van der Waals surface area contributed by atoms with Gasteiger partial charge in [0.05, 0.1) is 23.9 Å². The van der Waals surface area contributed by atoms with Crippen molar-refractivity contribution < 1.29 is 61.9 Å². The quantitative estimate of drug-likeness (QED) is 0.201. The number of hydrogen-bond acceptors (Lipinski definition) is 15. The Morgan fingerprint density at radius 2 is 1.72 bits per heavy atom. The normalized spacial score (nSPS) is 34.4. The molecule has 302 valence electrons. The molecule has 54 heavy (non-hydrogen) atoms. The Morgan fingerprint density at radius 1 is 1.06 bits per heavy atom. The van der Waals surface area contributed by atoms with Gasteiger partial charge < -0.3 is 38.1 Å². The van der Waals surface area contributed by atoms with Crippen LogP contribution in [-0.2, 0) is 57.1 Å². The molecule has 11 atom stereocenters. The van der Waals surface area contributed by atoms with E-state index in [1.807, 2.05) is 25.9 Å². The number of Topliss-reactive ketones (excluding diaryl/α,β-unsaturated/α-hetero) is 2. The summed E-state index contributed by atoms with van der Waals surface area (Å²) < 4.78 is 43.0. The maximum atomic E-state index is 14.4. The Balaban J connectivity index is 2.22. The topological polar surface area (TPSA) is 188 Å². The van der Waals surface area contributed by atoms with E-state index in [4.69, 9.17) is 33.2 Å². The van der Waals surface area contributed by atoms with Crippen molar-refractivity contribution in [3.05, 3.63) is 30.4 Å². The first-order valence-corrected chi connectivity index (χ1v) is 18.2. The molecule has 1 aromatic heterocycles. The van der Waals surface area contributed by atoms with Gasteiger partial charge in [-0.25, -0.2) is 14.3 Å². The van der Waals surface area contributed by atoms with E-state index in [1.165, 1.54) is 59.6 Å². The highest BCUT2D eigenvalue weighted by Gasteiger charge is 2.51. The minimum Gasteiger partial charge on any atom is -0.461 e. The van der Waals surface area contributed by atoms with Crippen LogP contribution in [0, 0.1) is 17.8 Å². The van der Waals surface area contributed by atoms with Crippen LogP contribution in [0.25, 0.3) is 0 Å². The number of rotatable bonds is 9. The van der Waals surface area contributed by atoms with Crippen LogP contribution < -0.4 is 0 Å². The minimum absolute atomic E-state index is 0.0357. The number of hydrogen-bond donors (Lipinski definition) is 0. The maximum Gasteiger partial charge on any atom is 0.420 e. The van der Waals surface area contributed by atoms with Crippen LogP contribution in [0.3, 0.4) is 0 Å². The number of methoxy groups -OCH3 is 1. The molecule has 3 rings (SSSR count). The van der Waals surface area contributed by atoms with Gasteiger partial charge in [-0.2, -0.15) is 0 Å². The third-order valence-corrected chi connectivity index (χ3v) is 10.2. The lowest BCUT2D eigenvalue weighted by Crippen LogP contribution is -2.60. The molecule has 2 aliphatic heterocycles. The summed E-state index contributed by atoms with van der Waals surface area (Å²) in [4.78, 5) is 86.1. The van der Waals surface area contributed by atoms with Gasteiger partial charge >= 0.3 is 24.0 Å². The first-order chi connectivity index (χ1) is 25.2. The predicted octanol–water partition coefficient (Wildman–Crippen LogP) is 3.68. The third-order valence-electron chi connectivity index (χ3n) is 10.2. The molecule has 1 aromatic rings. The fourth-order valence-electron chi connectivity index (χ4n) is 7.24. The fraction of sp³-hybridized carbons (Fsp3) is 0.711. The van der Waals surface area contributed by atoms with Gasteiger partial charge in [0.2, 0.25) is 0 Å². The summed E-state index contributed by atoms with van der Waals surface area (Å²) in [6.07, 6.45) is 0.188. The molecule has 0 N–H and O–H groups in total. The summed E-state index contributed by atoms with van der Waals surface area (Å²) >= 11 is 0. The van der Waals surface area contributed by atoms with Crippen LogP contribution in [-0.4, -0.2) is 126 Å². The van der Waals surface area contributed by atoms with Crippen molar-refractivity contribution in [3.63, 3.8) is 0 Å². The zero-order valence-electron chi connectivity index (χ0n) is 33.5. The van der Waals surface area contributed by atoms with Gasteiger partial charge in [-0.3, -0.25) is 24.0 Å². The standard InChI is InChI=1S/C38H57N3O13/c1-13-29-37(8,54-36(47)41-15-14-39-20-41)18-27(19-49-25(6)42)30(44)21(2)17-38(9,48-12)33(23(4)31(45)24(5)34(46)52-29)53-35-32(51-26(7)43)28(40(10)11)16-22(3)50-35/h14-15,18,20-24,28-29,32-33,35H,13,16-17,19H2,1-12H3/t21-,22-,23+,24-,28+,29-,32-,33-,35?,37+,38+/m1/s1. The summed E-state index contributed by atoms with van der Waals surface area (Å²) in [5.74, 6) is -6.47. The average molecular weight is 764 g/mol. The summed E-state index contributed by atoms with van der Waals surface area (Å²) in [5.41, 5.74) is -3.24. The highest BCUT2D eigenvalue weighted by atomic mass is 16.7. The van der Waals surface area contributed by atoms with E-state index in [2.05, 4.69) is 4.98 Å². The number of ketones is 2. The number of carbonyl (C=O) groups excluding carboxylic acids is 6. The van der Waals surface area contributed by atoms with Crippen molar-refractivity contribution in [2.24, 2.45) is 17.8 Å². The predicted molar refractivity (Wildman–Crippen MR) is 192 cm³/mol. The lowest BCUT2D eigenvalue weighted by molar-refractivity contribution is -0.297. The van der Waals surface area contributed by atoms with E-state index < -0.39 is 95.7 Å². The van der Waals surface area contributed by atoms with Gasteiger partial charge in [0.15, 0.2) is 29.6 Å². The Hall–Kier alpha value is -3.99.